The van der Waals surface area contributed by atoms with Gasteiger partial charge in [-0.05, 0) is 55.6 Å². The molecule has 2 aliphatic carbocycles. The third-order valence-corrected chi connectivity index (χ3v) is 4.93. The van der Waals surface area contributed by atoms with Gasteiger partial charge in [-0.2, -0.15) is 0 Å². The van der Waals surface area contributed by atoms with E-state index in [-0.39, 0.29) is 5.78 Å². The lowest BCUT2D eigenvalue weighted by atomic mass is 9.84. The van der Waals surface area contributed by atoms with Crippen molar-refractivity contribution in [3.8, 4) is 0 Å². The van der Waals surface area contributed by atoms with Crippen LogP contribution in [0.1, 0.15) is 48.0 Å². The standard InChI is InChI=1S/C16H21NO/c1-10-2-4-13(8-15(10)17)16(18)9-14-7-11-3-5-12(14)6-11/h2,4,8,11-12,14H,3,5-7,9,17H2,1H3. The molecule has 1 aromatic rings. The number of hydrogen-bond donors (Lipinski definition) is 1. The third-order valence-electron chi connectivity index (χ3n) is 4.93. The van der Waals surface area contributed by atoms with Crippen LogP contribution in [0.2, 0.25) is 0 Å². The summed E-state index contributed by atoms with van der Waals surface area (Å²) < 4.78 is 0. The van der Waals surface area contributed by atoms with E-state index < -0.39 is 0 Å². The molecule has 2 bridgehead atoms. The van der Waals surface area contributed by atoms with Crippen molar-refractivity contribution in [3.63, 3.8) is 0 Å². The molecule has 96 valence electrons. The smallest absolute Gasteiger partial charge is 0.163 e. The van der Waals surface area contributed by atoms with Crippen LogP contribution in [0, 0.1) is 24.7 Å². The molecule has 3 atom stereocenters. The van der Waals surface area contributed by atoms with Gasteiger partial charge in [0.2, 0.25) is 0 Å². The van der Waals surface area contributed by atoms with E-state index in [0.717, 1.165) is 35.1 Å². The van der Waals surface area contributed by atoms with Gasteiger partial charge in [0.15, 0.2) is 5.78 Å². The van der Waals surface area contributed by atoms with Crippen molar-refractivity contribution in [1.29, 1.82) is 0 Å². The molecule has 0 heterocycles. The van der Waals surface area contributed by atoms with Crippen molar-refractivity contribution < 1.29 is 4.79 Å². The van der Waals surface area contributed by atoms with Gasteiger partial charge in [0.25, 0.3) is 0 Å². The fraction of sp³-hybridized carbons (Fsp3) is 0.562. The SMILES string of the molecule is Cc1ccc(C(=O)CC2CC3CCC2C3)cc1N. The van der Waals surface area contributed by atoms with Gasteiger partial charge in [-0.3, -0.25) is 4.79 Å². The second-order valence-corrected chi connectivity index (χ2v) is 6.13. The van der Waals surface area contributed by atoms with E-state index >= 15 is 0 Å². The number of anilines is 1. The van der Waals surface area contributed by atoms with E-state index in [2.05, 4.69) is 0 Å². The number of rotatable bonds is 3. The zero-order valence-electron chi connectivity index (χ0n) is 11.0. The number of carbonyl (C=O) groups excluding carboxylic acids is 1. The zero-order valence-corrected chi connectivity index (χ0v) is 11.0. The van der Waals surface area contributed by atoms with E-state index in [1.165, 1.54) is 25.7 Å². The minimum atomic E-state index is 0.277. The quantitative estimate of drug-likeness (QED) is 0.651. The van der Waals surface area contributed by atoms with Crippen LogP contribution in [-0.4, -0.2) is 5.78 Å². The molecule has 0 amide bonds. The Kier molecular flexibility index (Phi) is 2.89. The third kappa shape index (κ3) is 2.05. The molecular weight excluding hydrogens is 222 g/mol. The predicted octanol–water partition coefficient (Wildman–Crippen LogP) is 3.59. The molecular formula is C16H21NO. The summed E-state index contributed by atoms with van der Waals surface area (Å²) in [6.07, 6.45) is 6.11. The normalized spacial score (nSPS) is 29.7. The summed E-state index contributed by atoms with van der Waals surface area (Å²) in [7, 11) is 0. The molecule has 3 unspecified atom stereocenters. The molecule has 0 radical (unpaired) electrons. The predicted molar refractivity (Wildman–Crippen MR) is 73.5 cm³/mol. The molecule has 2 N–H and O–H groups in total. The molecule has 18 heavy (non-hydrogen) atoms. The first-order valence-electron chi connectivity index (χ1n) is 7.03. The highest BCUT2D eigenvalue weighted by Gasteiger charge is 2.40. The van der Waals surface area contributed by atoms with E-state index in [9.17, 15) is 4.79 Å². The maximum Gasteiger partial charge on any atom is 0.163 e. The number of nitrogens with two attached hydrogens (primary N) is 1. The van der Waals surface area contributed by atoms with Crippen LogP contribution >= 0.6 is 0 Å². The first-order valence-corrected chi connectivity index (χ1v) is 7.03. The Morgan fingerprint density at radius 2 is 2.17 bits per heavy atom. The topological polar surface area (TPSA) is 43.1 Å². The Morgan fingerprint density at radius 1 is 1.33 bits per heavy atom. The molecule has 2 heteroatoms. The van der Waals surface area contributed by atoms with Crippen LogP contribution in [0.4, 0.5) is 5.69 Å². The van der Waals surface area contributed by atoms with E-state index in [1.54, 1.807) is 0 Å². The van der Waals surface area contributed by atoms with Crippen LogP contribution in [0.3, 0.4) is 0 Å². The second-order valence-electron chi connectivity index (χ2n) is 6.13. The second kappa shape index (κ2) is 4.42. The molecule has 0 aliphatic heterocycles. The van der Waals surface area contributed by atoms with Gasteiger partial charge in [-0.15, -0.1) is 0 Å². The van der Waals surface area contributed by atoms with Crippen LogP contribution in [0.5, 0.6) is 0 Å². The van der Waals surface area contributed by atoms with E-state index in [0.29, 0.717) is 5.92 Å². The van der Waals surface area contributed by atoms with Crippen molar-refractivity contribution >= 4 is 11.5 Å². The van der Waals surface area contributed by atoms with E-state index in [4.69, 9.17) is 5.73 Å². The summed E-state index contributed by atoms with van der Waals surface area (Å²) in [6.45, 7) is 1.97. The minimum absolute atomic E-state index is 0.277. The molecule has 1 aromatic carbocycles. The van der Waals surface area contributed by atoms with Gasteiger partial charge in [0, 0.05) is 17.7 Å². The molecule has 0 aromatic heterocycles. The lowest BCUT2D eigenvalue weighted by Crippen LogP contribution is -2.15. The molecule has 0 saturated heterocycles. The average Bonchev–Trinajstić information content (AvgIpc) is 2.94. The molecule has 2 aliphatic rings. The average molecular weight is 243 g/mol. The molecule has 2 nitrogen and oxygen atoms in total. The zero-order chi connectivity index (χ0) is 12.7. The maximum absolute atomic E-state index is 12.3. The highest BCUT2D eigenvalue weighted by molar-refractivity contribution is 5.97. The number of benzene rings is 1. The largest absolute Gasteiger partial charge is 0.398 e. The summed E-state index contributed by atoms with van der Waals surface area (Å²) in [5.41, 5.74) is 8.45. The van der Waals surface area contributed by atoms with Gasteiger partial charge in [0.1, 0.15) is 0 Å². The van der Waals surface area contributed by atoms with Gasteiger partial charge >= 0.3 is 0 Å². The van der Waals surface area contributed by atoms with Crippen molar-refractivity contribution in [2.45, 2.75) is 39.0 Å². The number of ketones is 1. The fourth-order valence-electron chi connectivity index (χ4n) is 3.80. The van der Waals surface area contributed by atoms with Gasteiger partial charge in [-0.25, -0.2) is 0 Å². The highest BCUT2D eigenvalue weighted by Crippen LogP contribution is 2.49. The van der Waals surface area contributed by atoms with Crippen LogP contribution in [0.25, 0.3) is 0 Å². The Balaban J connectivity index is 1.69. The van der Waals surface area contributed by atoms with Crippen molar-refractivity contribution in [3.05, 3.63) is 29.3 Å². The Bertz CT molecular complexity index is 480. The fourth-order valence-corrected chi connectivity index (χ4v) is 3.80. The Morgan fingerprint density at radius 3 is 2.78 bits per heavy atom. The lowest BCUT2D eigenvalue weighted by molar-refractivity contribution is 0.0944. The Hall–Kier alpha value is -1.31. The highest BCUT2D eigenvalue weighted by atomic mass is 16.1. The molecule has 3 rings (SSSR count). The first-order chi connectivity index (χ1) is 8.63. The Labute approximate surface area is 109 Å². The summed E-state index contributed by atoms with van der Waals surface area (Å²) in [6, 6.07) is 5.70. The number of aryl methyl sites for hydroxylation is 1. The van der Waals surface area contributed by atoms with Crippen LogP contribution in [0.15, 0.2) is 18.2 Å². The number of carbonyl (C=O) groups is 1. The summed E-state index contributed by atoms with van der Waals surface area (Å²) in [5.74, 6) is 2.65. The summed E-state index contributed by atoms with van der Waals surface area (Å²) in [5, 5.41) is 0. The molecule has 2 saturated carbocycles. The summed E-state index contributed by atoms with van der Waals surface area (Å²) in [4.78, 5) is 12.3. The van der Waals surface area contributed by atoms with Crippen LogP contribution in [-0.2, 0) is 0 Å². The van der Waals surface area contributed by atoms with Crippen molar-refractivity contribution in [2.24, 2.45) is 17.8 Å². The van der Waals surface area contributed by atoms with Gasteiger partial charge < -0.3 is 5.73 Å². The maximum atomic E-state index is 12.3. The van der Waals surface area contributed by atoms with E-state index in [1.807, 2.05) is 25.1 Å². The van der Waals surface area contributed by atoms with Crippen LogP contribution < -0.4 is 5.73 Å². The monoisotopic (exact) mass is 243 g/mol. The molecule has 0 spiro atoms. The minimum Gasteiger partial charge on any atom is -0.398 e. The van der Waals surface area contributed by atoms with Gasteiger partial charge in [0.05, 0.1) is 0 Å². The number of hydrogen-bond acceptors (Lipinski definition) is 2. The van der Waals surface area contributed by atoms with Gasteiger partial charge in [-0.1, -0.05) is 18.6 Å². The first kappa shape index (κ1) is 11.8. The van der Waals surface area contributed by atoms with Crippen molar-refractivity contribution in [1.82, 2.24) is 0 Å². The summed E-state index contributed by atoms with van der Waals surface area (Å²) >= 11 is 0. The van der Waals surface area contributed by atoms with Crippen molar-refractivity contribution in [2.75, 3.05) is 5.73 Å². The lowest BCUT2D eigenvalue weighted by Gasteiger charge is -2.20. The number of Topliss-reactive ketones (excluding diaryl/α,β-unsaturated/α-hetero) is 1. The molecule has 2 fully saturated rings. The number of nitrogen functional groups attached to an aromatic ring is 1. The number of fused-ring (bicyclic) bond motifs is 2.